The standard InChI is InChI=1S/C12H11N5OS/c1-7-5-8(2)17-10(15-7)9(6-14-17)11(18)16-12-13-3-4-19-12/h3-6H,1-2H3,(H,13,16,18). The normalized spacial score (nSPS) is 10.8. The molecule has 0 radical (unpaired) electrons. The number of thiazole rings is 1. The van der Waals surface area contributed by atoms with Crippen molar-refractivity contribution in [3.63, 3.8) is 0 Å². The van der Waals surface area contributed by atoms with E-state index in [9.17, 15) is 4.79 Å². The Morgan fingerprint density at radius 3 is 3.00 bits per heavy atom. The summed E-state index contributed by atoms with van der Waals surface area (Å²) in [5.74, 6) is -0.248. The van der Waals surface area contributed by atoms with Crippen molar-refractivity contribution in [2.75, 3.05) is 5.32 Å². The zero-order chi connectivity index (χ0) is 13.4. The first-order chi connectivity index (χ1) is 9.15. The van der Waals surface area contributed by atoms with Gasteiger partial charge < -0.3 is 0 Å². The van der Waals surface area contributed by atoms with Gasteiger partial charge in [0, 0.05) is 23.0 Å². The highest BCUT2D eigenvalue weighted by atomic mass is 32.1. The van der Waals surface area contributed by atoms with Gasteiger partial charge in [-0.25, -0.2) is 14.5 Å². The Hall–Kier alpha value is -2.28. The van der Waals surface area contributed by atoms with E-state index in [1.54, 1.807) is 16.1 Å². The van der Waals surface area contributed by atoms with Crippen LogP contribution in [0.1, 0.15) is 21.7 Å². The summed E-state index contributed by atoms with van der Waals surface area (Å²) in [6.45, 7) is 3.82. The lowest BCUT2D eigenvalue weighted by molar-refractivity contribution is 0.102. The lowest BCUT2D eigenvalue weighted by Crippen LogP contribution is -2.12. The largest absolute Gasteiger partial charge is 0.298 e. The van der Waals surface area contributed by atoms with E-state index in [0.29, 0.717) is 16.3 Å². The first-order valence-corrected chi connectivity index (χ1v) is 6.56. The van der Waals surface area contributed by atoms with Crippen molar-refractivity contribution in [2.45, 2.75) is 13.8 Å². The zero-order valence-corrected chi connectivity index (χ0v) is 11.2. The smallest absolute Gasteiger partial charge is 0.262 e. The van der Waals surface area contributed by atoms with Crippen LogP contribution in [0.4, 0.5) is 5.13 Å². The maximum atomic E-state index is 12.2. The maximum absolute atomic E-state index is 12.2. The monoisotopic (exact) mass is 273 g/mol. The zero-order valence-electron chi connectivity index (χ0n) is 10.4. The number of aryl methyl sites for hydroxylation is 2. The number of carbonyl (C=O) groups is 1. The highest BCUT2D eigenvalue weighted by Gasteiger charge is 2.16. The van der Waals surface area contributed by atoms with Gasteiger partial charge in [-0.15, -0.1) is 11.3 Å². The molecule has 6 nitrogen and oxygen atoms in total. The Labute approximate surface area is 113 Å². The van der Waals surface area contributed by atoms with Crippen molar-refractivity contribution in [2.24, 2.45) is 0 Å². The second-order valence-electron chi connectivity index (χ2n) is 4.12. The molecule has 0 aromatic carbocycles. The lowest BCUT2D eigenvalue weighted by atomic mass is 10.3. The van der Waals surface area contributed by atoms with Gasteiger partial charge in [0.1, 0.15) is 5.56 Å². The summed E-state index contributed by atoms with van der Waals surface area (Å²) in [6.07, 6.45) is 3.17. The number of anilines is 1. The van der Waals surface area contributed by atoms with Gasteiger partial charge in [-0.3, -0.25) is 10.1 Å². The van der Waals surface area contributed by atoms with Crippen molar-refractivity contribution in [1.82, 2.24) is 19.6 Å². The second-order valence-corrected chi connectivity index (χ2v) is 5.02. The predicted molar refractivity (Wildman–Crippen MR) is 72.5 cm³/mol. The number of fused-ring (bicyclic) bond motifs is 1. The number of amides is 1. The fourth-order valence-electron chi connectivity index (χ4n) is 1.88. The van der Waals surface area contributed by atoms with E-state index in [1.165, 1.54) is 17.5 Å². The molecule has 0 spiro atoms. The van der Waals surface area contributed by atoms with E-state index in [-0.39, 0.29) is 5.91 Å². The number of carbonyl (C=O) groups excluding carboxylic acids is 1. The van der Waals surface area contributed by atoms with Crippen molar-refractivity contribution in [3.8, 4) is 0 Å². The quantitative estimate of drug-likeness (QED) is 0.775. The van der Waals surface area contributed by atoms with Crippen LogP contribution in [0.5, 0.6) is 0 Å². The van der Waals surface area contributed by atoms with Crippen LogP contribution in [0.25, 0.3) is 5.65 Å². The summed E-state index contributed by atoms with van der Waals surface area (Å²) >= 11 is 1.37. The van der Waals surface area contributed by atoms with Gasteiger partial charge in [0.2, 0.25) is 0 Å². The minimum absolute atomic E-state index is 0.248. The second kappa shape index (κ2) is 4.43. The molecule has 0 unspecified atom stereocenters. The molecule has 19 heavy (non-hydrogen) atoms. The number of nitrogens with one attached hydrogen (secondary N) is 1. The van der Waals surface area contributed by atoms with Crippen LogP contribution in [0.2, 0.25) is 0 Å². The first-order valence-electron chi connectivity index (χ1n) is 5.68. The summed E-state index contributed by atoms with van der Waals surface area (Å²) < 4.78 is 1.66. The molecule has 3 aromatic heterocycles. The molecule has 7 heteroatoms. The number of hydrogen-bond donors (Lipinski definition) is 1. The van der Waals surface area contributed by atoms with Crippen LogP contribution in [-0.4, -0.2) is 25.5 Å². The van der Waals surface area contributed by atoms with Gasteiger partial charge in [-0.2, -0.15) is 5.10 Å². The number of rotatable bonds is 2. The molecule has 0 aliphatic heterocycles. The molecular formula is C12H11N5OS. The van der Waals surface area contributed by atoms with Crippen molar-refractivity contribution >= 4 is 28.0 Å². The van der Waals surface area contributed by atoms with Gasteiger partial charge in [-0.05, 0) is 19.9 Å². The predicted octanol–water partition coefficient (Wildman–Crippen LogP) is 2.05. The maximum Gasteiger partial charge on any atom is 0.262 e. The average Bonchev–Trinajstić information content (AvgIpc) is 2.97. The minimum atomic E-state index is -0.248. The average molecular weight is 273 g/mol. The van der Waals surface area contributed by atoms with Crippen molar-refractivity contribution in [1.29, 1.82) is 0 Å². The van der Waals surface area contributed by atoms with Gasteiger partial charge >= 0.3 is 0 Å². The Kier molecular flexibility index (Phi) is 2.75. The van der Waals surface area contributed by atoms with Crippen LogP contribution in [0, 0.1) is 13.8 Å². The van der Waals surface area contributed by atoms with Crippen LogP contribution in [0.15, 0.2) is 23.8 Å². The van der Waals surface area contributed by atoms with Crippen molar-refractivity contribution in [3.05, 3.63) is 40.8 Å². The molecule has 96 valence electrons. The lowest BCUT2D eigenvalue weighted by Gasteiger charge is -2.02. The summed E-state index contributed by atoms with van der Waals surface area (Å²) in [5, 5.41) is 9.28. The Morgan fingerprint density at radius 2 is 2.26 bits per heavy atom. The third kappa shape index (κ3) is 2.08. The first kappa shape index (κ1) is 11.8. The van der Waals surface area contributed by atoms with Crippen molar-refractivity contribution < 1.29 is 4.79 Å². The third-order valence-electron chi connectivity index (χ3n) is 2.68. The third-order valence-corrected chi connectivity index (χ3v) is 3.36. The molecule has 3 rings (SSSR count). The fourth-order valence-corrected chi connectivity index (χ4v) is 2.40. The topological polar surface area (TPSA) is 72.2 Å². The molecule has 0 saturated heterocycles. The molecule has 3 heterocycles. The molecule has 0 aliphatic rings. The van der Waals surface area contributed by atoms with E-state index in [0.717, 1.165) is 11.4 Å². The van der Waals surface area contributed by atoms with E-state index in [2.05, 4.69) is 20.4 Å². The SMILES string of the molecule is Cc1cc(C)n2ncc(C(=O)Nc3nccs3)c2n1. The Bertz CT molecular complexity index is 747. The van der Waals surface area contributed by atoms with Gasteiger partial charge in [0.05, 0.1) is 6.20 Å². The van der Waals surface area contributed by atoms with Crippen LogP contribution in [0.3, 0.4) is 0 Å². The molecule has 3 aromatic rings. The summed E-state index contributed by atoms with van der Waals surface area (Å²) in [5.41, 5.74) is 2.80. The molecule has 0 saturated carbocycles. The number of hydrogen-bond acceptors (Lipinski definition) is 5. The van der Waals surface area contributed by atoms with Crippen LogP contribution in [-0.2, 0) is 0 Å². The van der Waals surface area contributed by atoms with E-state index in [4.69, 9.17) is 0 Å². The van der Waals surface area contributed by atoms with Crippen LogP contribution >= 0.6 is 11.3 Å². The van der Waals surface area contributed by atoms with Crippen LogP contribution < -0.4 is 5.32 Å². The Morgan fingerprint density at radius 1 is 1.42 bits per heavy atom. The van der Waals surface area contributed by atoms with Gasteiger partial charge in [-0.1, -0.05) is 0 Å². The molecular weight excluding hydrogens is 262 g/mol. The Balaban J connectivity index is 2.03. The number of aromatic nitrogens is 4. The molecule has 0 fully saturated rings. The molecule has 0 bridgehead atoms. The number of nitrogens with zero attached hydrogens (tertiary/aromatic N) is 4. The summed E-state index contributed by atoms with van der Waals surface area (Å²) in [4.78, 5) is 20.6. The van der Waals surface area contributed by atoms with E-state index >= 15 is 0 Å². The fraction of sp³-hybridized carbons (Fsp3) is 0.167. The van der Waals surface area contributed by atoms with E-state index in [1.807, 2.05) is 19.9 Å². The summed E-state index contributed by atoms with van der Waals surface area (Å²) in [7, 11) is 0. The molecule has 1 amide bonds. The molecule has 0 aliphatic carbocycles. The highest BCUT2D eigenvalue weighted by molar-refractivity contribution is 7.13. The van der Waals surface area contributed by atoms with Gasteiger partial charge in [0.15, 0.2) is 10.8 Å². The minimum Gasteiger partial charge on any atom is -0.298 e. The van der Waals surface area contributed by atoms with E-state index < -0.39 is 0 Å². The molecule has 0 atom stereocenters. The molecule has 1 N–H and O–H groups in total. The summed E-state index contributed by atoms with van der Waals surface area (Å²) in [6, 6.07) is 1.92. The van der Waals surface area contributed by atoms with Gasteiger partial charge in [0.25, 0.3) is 5.91 Å². The highest BCUT2D eigenvalue weighted by Crippen LogP contribution is 2.16.